The predicted octanol–water partition coefficient (Wildman–Crippen LogP) is 2.84. The smallest absolute Gasteiger partial charge is 0.341 e. The fraction of sp³-hybridized carbons (Fsp3) is 0.417. The number of halogens is 1. The highest BCUT2D eigenvalue weighted by atomic mass is 35.5. The minimum atomic E-state index is -1.10. The average molecular weight is 259 g/mol. The van der Waals surface area contributed by atoms with Crippen molar-refractivity contribution in [1.82, 2.24) is 0 Å². The standard InChI is InChI=1S/C12H15ClO4/c1-2-6-16-7-8-17-10-5-3-4-9(13)11(10)12(14)15/h3-5H,2,6-8H2,1H3,(H,14,15). The number of rotatable bonds is 7. The van der Waals surface area contributed by atoms with Gasteiger partial charge in [0, 0.05) is 6.61 Å². The summed E-state index contributed by atoms with van der Waals surface area (Å²) in [4.78, 5) is 11.0. The fourth-order valence-electron chi connectivity index (χ4n) is 1.29. The Balaban J connectivity index is 2.58. The zero-order valence-corrected chi connectivity index (χ0v) is 10.4. The van der Waals surface area contributed by atoms with E-state index in [-0.39, 0.29) is 16.3 Å². The van der Waals surface area contributed by atoms with Crippen LogP contribution in [0.3, 0.4) is 0 Å². The van der Waals surface area contributed by atoms with Gasteiger partial charge in [-0.2, -0.15) is 0 Å². The molecule has 0 saturated carbocycles. The minimum absolute atomic E-state index is 0.00958. The lowest BCUT2D eigenvalue weighted by molar-refractivity contribution is 0.0685. The van der Waals surface area contributed by atoms with Gasteiger partial charge < -0.3 is 14.6 Å². The molecule has 0 amide bonds. The lowest BCUT2D eigenvalue weighted by atomic mass is 10.2. The highest BCUT2D eigenvalue weighted by Gasteiger charge is 2.15. The third-order valence-corrected chi connectivity index (χ3v) is 2.34. The topological polar surface area (TPSA) is 55.8 Å². The number of ether oxygens (including phenoxy) is 2. The Morgan fingerprint density at radius 1 is 1.35 bits per heavy atom. The zero-order valence-electron chi connectivity index (χ0n) is 9.61. The first-order valence-corrected chi connectivity index (χ1v) is 5.77. The normalized spacial score (nSPS) is 10.2. The van der Waals surface area contributed by atoms with E-state index in [2.05, 4.69) is 0 Å². The Kier molecular flexibility index (Phi) is 5.80. The molecule has 17 heavy (non-hydrogen) atoms. The summed E-state index contributed by atoms with van der Waals surface area (Å²) in [6, 6.07) is 4.75. The van der Waals surface area contributed by atoms with Crippen molar-refractivity contribution in [2.75, 3.05) is 19.8 Å². The first kappa shape index (κ1) is 13.8. The van der Waals surface area contributed by atoms with E-state index >= 15 is 0 Å². The number of aromatic carboxylic acids is 1. The van der Waals surface area contributed by atoms with Gasteiger partial charge in [0.2, 0.25) is 0 Å². The quantitative estimate of drug-likeness (QED) is 0.764. The van der Waals surface area contributed by atoms with Crippen LogP contribution in [0.5, 0.6) is 5.75 Å². The number of carboxylic acid groups (broad SMARTS) is 1. The molecule has 0 aliphatic rings. The molecule has 5 heteroatoms. The molecule has 0 saturated heterocycles. The van der Waals surface area contributed by atoms with Crippen molar-refractivity contribution in [3.05, 3.63) is 28.8 Å². The monoisotopic (exact) mass is 258 g/mol. The van der Waals surface area contributed by atoms with Gasteiger partial charge in [-0.15, -0.1) is 0 Å². The molecule has 0 radical (unpaired) electrons. The second-order valence-electron chi connectivity index (χ2n) is 3.38. The molecule has 0 unspecified atom stereocenters. The zero-order chi connectivity index (χ0) is 12.7. The van der Waals surface area contributed by atoms with Crippen molar-refractivity contribution in [2.45, 2.75) is 13.3 Å². The van der Waals surface area contributed by atoms with E-state index in [1.807, 2.05) is 6.92 Å². The minimum Gasteiger partial charge on any atom is -0.490 e. The third kappa shape index (κ3) is 4.24. The van der Waals surface area contributed by atoms with Crippen molar-refractivity contribution in [3.63, 3.8) is 0 Å². The van der Waals surface area contributed by atoms with Crippen LogP contribution in [0, 0.1) is 0 Å². The van der Waals surface area contributed by atoms with Crippen molar-refractivity contribution in [2.24, 2.45) is 0 Å². The summed E-state index contributed by atoms with van der Waals surface area (Å²) >= 11 is 5.79. The number of carboxylic acids is 1. The molecular weight excluding hydrogens is 244 g/mol. The van der Waals surface area contributed by atoms with E-state index in [0.717, 1.165) is 6.42 Å². The van der Waals surface area contributed by atoms with Crippen LogP contribution in [0.25, 0.3) is 0 Å². The second kappa shape index (κ2) is 7.14. The summed E-state index contributed by atoms with van der Waals surface area (Å²) in [5.41, 5.74) is -0.00958. The molecule has 0 fully saturated rings. The first-order valence-electron chi connectivity index (χ1n) is 5.39. The van der Waals surface area contributed by atoms with Crippen LogP contribution in [-0.2, 0) is 4.74 Å². The van der Waals surface area contributed by atoms with Crippen LogP contribution < -0.4 is 4.74 Å². The maximum atomic E-state index is 11.0. The predicted molar refractivity (Wildman–Crippen MR) is 65.0 cm³/mol. The molecule has 0 atom stereocenters. The average Bonchev–Trinajstić information content (AvgIpc) is 2.28. The van der Waals surface area contributed by atoms with Crippen molar-refractivity contribution >= 4 is 17.6 Å². The van der Waals surface area contributed by atoms with Gasteiger partial charge in [0.15, 0.2) is 0 Å². The van der Waals surface area contributed by atoms with Gasteiger partial charge in [-0.25, -0.2) is 4.79 Å². The Morgan fingerprint density at radius 2 is 2.12 bits per heavy atom. The fourth-order valence-corrected chi connectivity index (χ4v) is 1.54. The van der Waals surface area contributed by atoms with E-state index < -0.39 is 5.97 Å². The maximum absolute atomic E-state index is 11.0. The molecule has 0 aliphatic heterocycles. The molecule has 1 aromatic carbocycles. The Labute approximate surface area is 105 Å². The van der Waals surface area contributed by atoms with Crippen LogP contribution in [0.4, 0.5) is 0 Å². The molecule has 0 bridgehead atoms. The Hall–Kier alpha value is -1.26. The maximum Gasteiger partial charge on any atom is 0.341 e. The Morgan fingerprint density at radius 3 is 2.76 bits per heavy atom. The molecule has 1 N–H and O–H groups in total. The van der Waals surface area contributed by atoms with Gasteiger partial charge in [0.25, 0.3) is 0 Å². The highest BCUT2D eigenvalue weighted by molar-refractivity contribution is 6.33. The Bertz CT molecular complexity index is 379. The van der Waals surface area contributed by atoms with E-state index in [0.29, 0.717) is 19.8 Å². The van der Waals surface area contributed by atoms with Crippen LogP contribution in [0.2, 0.25) is 5.02 Å². The van der Waals surface area contributed by atoms with Gasteiger partial charge in [-0.1, -0.05) is 24.6 Å². The molecule has 94 valence electrons. The number of carbonyl (C=O) groups is 1. The summed E-state index contributed by atoms with van der Waals surface area (Å²) in [5.74, 6) is -0.829. The molecule has 1 rings (SSSR count). The summed E-state index contributed by atoms with van der Waals surface area (Å²) in [6.07, 6.45) is 0.942. The third-order valence-electron chi connectivity index (χ3n) is 2.02. The van der Waals surface area contributed by atoms with E-state index in [1.54, 1.807) is 12.1 Å². The van der Waals surface area contributed by atoms with Crippen LogP contribution >= 0.6 is 11.6 Å². The largest absolute Gasteiger partial charge is 0.490 e. The lowest BCUT2D eigenvalue weighted by Gasteiger charge is -2.10. The van der Waals surface area contributed by atoms with Gasteiger partial charge in [0.1, 0.15) is 17.9 Å². The number of benzene rings is 1. The SMILES string of the molecule is CCCOCCOc1cccc(Cl)c1C(=O)O. The lowest BCUT2D eigenvalue weighted by Crippen LogP contribution is -2.10. The van der Waals surface area contributed by atoms with Gasteiger partial charge in [-0.3, -0.25) is 0 Å². The summed E-state index contributed by atoms with van der Waals surface area (Å²) in [6.45, 7) is 3.42. The molecule has 0 aliphatic carbocycles. The summed E-state index contributed by atoms with van der Waals surface area (Å²) in [5, 5.41) is 9.16. The van der Waals surface area contributed by atoms with E-state index in [1.165, 1.54) is 6.07 Å². The molecule has 4 nitrogen and oxygen atoms in total. The summed E-state index contributed by atoms with van der Waals surface area (Å²) in [7, 11) is 0. The number of hydrogen-bond acceptors (Lipinski definition) is 3. The number of hydrogen-bond donors (Lipinski definition) is 1. The van der Waals surface area contributed by atoms with Crippen molar-refractivity contribution in [3.8, 4) is 5.75 Å². The highest BCUT2D eigenvalue weighted by Crippen LogP contribution is 2.26. The second-order valence-corrected chi connectivity index (χ2v) is 3.79. The summed E-state index contributed by atoms with van der Waals surface area (Å²) < 4.78 is 10.6. The van der Waals surface area contributed by atoms with Crippen molar-refractivity contribution < 1.29 is 19.4 Å². The van der Waals surface area contributed by atoms with Crippen molar-refractivity contribution in [1.29, 1.82) is 0 Å². The van der Waals surface area contributed by atoms with Gasteiger partial charge >= 0.3 is 5.97 Å². The van der Waals surface area contributed by atoms with Crippen LogP contribution in [-0.4, -0.2) is 30.9 Å². The molecule has 0 spiro atoms. The van der Waals surface area contributed by atoms with E-state index in [4.69, 9.17) is 26.2 Å². The van der Waals surface area contributed by atoms with Gasteiger partial charge in [0.05, 0.1) is 11.6 Å². The van der Waals surface area contributed by atoms with E-state index in [9.17, 15) is 4.79 Å². The van der Waals surface area contributed by atoms with Crippen LogP contribution in [0.15, 0.2) is 18.2 Å². The molecule has 0 heterocycles. The molecular formula is C12H15ClO4. The molecule has 0 aromatic heterocycles. The van der Waals surface area contributed by atoms with Gasteiger partial charge in [-0.05, 0) is 18.6 Å². The van der Waals surface area contributed by atoms with Crippen LogP contribution in [0.1, 0.15) is 23.7 Å². The first-order chi connectivity index (χ1) is 8.16. The molecule has 1 aromatic rings.